The molecule has 1 aromatic rings. The van der Waals surface area contributed by atoms with Crippen molar-refractivity contribution in [3.8, 4) is 0 Å². The van der Waals surface area contributed by atoms with Gasteiger partial charge in [0.2, 0.25) is 0 Å². The van der Waals surface area contributed by atoms with Crippen LogP contribution in [0.4, 0.5) is 4.79 Å². The Bertz CT molecular complexity index is 485. The first kappa shape index (κ1) is 15.8. The second-order valence-corrected chi connectivity index (χ2v) is 6.65. The fraction of sp³-hybridized carbons (Fsp3) is 0.733. The van der Waals surface area contributed by atoms with Gasteiger partial charge in [0, 0.05) is 24.2 Å². The van der Waals surface area contributed by atoms with Gasteiger partial charge in [0.15, 0.2) is 0 Å². The molecule has 0 bridgehead atoms. The first-order valence-electron chi connectivity index (χ1n) is 7.36. The molecule has 0 aromatic carbocycles. The molecule has 0 saturated carbocycles. The number of carbonyl (C=O) groups is 1. The maximum Gasteiger partial charge on any atom is 0.317 e. The highest BCUT2D eigenvalue weighted by Gasteiger charge is 2.29. The Morgan fingerprint density at radius 3 is 2.76 bits per heavy atom. The van der Waals surface area contributed by atoms with Gasteiger partial charge >= 0.3 is 6.03 Å². The third-order valence-corrected chi connectivity index (χ3v) is 3.56. The number of urea groups is 1. The van der Waals surface area contributed by atoms with Gasteiger partial charge in [0.05, 0.1) is 18.4 Å². The number of ether oxygens (including phenoxy) is 1. The number of aryl methyl sites for hydroxylation is 2. The van der Waals surface area contributed by atoms with Crippen LogP contribution in [0.5, 0.6) is 0 Å². The first-order valence-corrected chi connectivity index (χ1v) is 7.36. The summed E-state index contributed by atoms with van der Waals surface area (Å²) in [5.41, 5.74) is 1.66. The maximum atomic E-state index is 12.1. The summed E-state index contributed by atoms with van der Waals surface area (Å²) in [7, 11) is 0. The highest BCUT2D eigenvalue weighted by Crippen LogP contribution is 2.18. The van der Waals surface area contributed by atoms with Crippen LogP contribution in [0, 0.1) is 13.8 Å². The van der Waals surface area contributed by atoms with E-state index < -0.39 is 0 Å². The van der Waals surface area contributed by atoms with Crippen molar-refractivity contribution in [3.05, 3.63) is 17.0 Å². The third-order valence-electron chi connectivity index (χ3n) is 3.56. The van der Waals surface area contributed by atoms with Gasteiger partial charge in [-0.1, -0.05) is 5.16 Å². The van der Waals surface area contributed by atoms with Crippen LogP contribution in [0.15, 0.2) is 4.52 Å². The summed E-state index contributed by atoms with van der Waals surface area (Å²) in [6.45, 7) is 11.6. The van der Waals surface area contributed by atoms with Crippen LogP contribution in [0.2, 0.25) is 0 Å². The van der Waals surface area contributed by atoms with Gasteiger partial charge in [0.25, 0.3) is 0 Å². The Labute approximate surface area is 125 Å². The van der Waals surface area contributed by atoms with Gasteiger partial charge in [-0.3, -0.25) is 0 Å². The monoisotopic (exact) mass is 295 g/mol. The van der Waals surface area contributed by atoms with Gasteiger partial charge in [-0.15, -0.1) is 0 Å². The molecule has 6 heteroatoms. The topological polar surface area (TPSA) is 67.6 Å². The molecule has 0 radical (unpaired) electrons. The SMILES string of the molecule is Cc1noc(C)c1CO[C@@H]1CCN(C(=O)NC(C)(C)C)C1. The van der Waals surface area contributed by atoms with E-state index >= 15 is 0 Å². The molecule has 2 rings (SSSR count). The van der Waals surface area contributed by atoms with Crippen LogP contribution < -0.4 is 5.32 Å². The van der Waals surface area contributed by atoms with Crippen LogP contribution in [0.3, 0.4) is 0 Å². The second-order valence-electron chi connectivity index (χ2n) is 6.65. The molecule has 1 aromatic heterocycles. The third kappa shape index (κ3) is 4.20. The van der Waals surface area contributed by atoms with E-state index in [0.717, 1.165) is 30.0 Å². The number of hydrogen-bond acceptors (Lipinski definition) is 4. The van der Waals surface area contributed by atoms with Crippen LogP contribution in [-0.4, -0.2) is 40.8 Å². The van der Waals surface area contributed by atoms with Crippen molar-refractivity contribution in [2.45, 2.75) is 59.3 Å². The molecule has 1 N–H and O–H groups in total. The number of carbonyl (C=O) groups excluding carboxylic acids is 1. The molecule has 6 nitrogen and oxygen atoms in total. The second kappa shape index (κ2) is 6.05. The normalized spacial score (nSPS) is 19.1. The Morgan fingerprint density at radius 2 is 2.19 bits per heavy atom. The molecular formula is C15H25N3O3. The van der Waals surface area contributed by atoms with E-state index in [1.807, 2.05) is 39.5 Å². The van der Waals surface area contributed by atoms with E-state index in [0.29, 0.717) is 13.2 Å². The van der Waals surface area contributed by atoms with Crippen molar-refractivity contribution < 1.29 is 14.1 Å². The number of nitrogens with zero attached hydrogens (tertiary/aromatic N) is 2. The number of likely N-dealkylation sites (tertiary alicyclic amines) is 1. The standard InChI is InChI=1S/C15H25N3O3/c1-10-13(11(2)21-17-10)9-20-12-6-7-18(8-12)14(19)16-15(3,4)5/h12H,6-9H2,1-5H3,(H,16,19)/t12-/m1/s1. The Balaban J connectivity index is 1.82. The molecule has 1 atom stereocenters. The Kier molecular flexibility index (Phi) is 4.56. The van der Waals surface area contributed by atoms with Gasteiger partial charge in [-0.05, 0) is 41.0 Å². The van der Waals surface area contributed by atoms with Crippen molar-refractivity contribution in [2.75, 3.05) is 13.1 Å². The van der Waals surface area contributed by atoms with E-state index in [2.05, 4.69) is 10.5 Å². The summed E-state index contributed by atoms with van der Waals surface area (Å²) in [6.07, 6.45) is 0.936. The first-order chi connectivity index (χ1) is 9.76. The summed E-state index contributed by atoms with van der Waals surface area (Å²) in [5, 5.41) is 6.89. The summed E-state index contributed by atoms with van der Waals surface area (Å²) in [6, 6.07) is -0.0223. The zero-order chi connectivity index (χ0) is 15.6. The quantitative estimate of drug-likeness (QED) is 0.929. The van der Waals surface area contributed by atoms with Crippen LogP contribution in [-0.2, 0) is 11.3 Å². The molecule has 21 heavy (non-hydrogen) atoms. The fourth-order valence-electron chi connectivity index (χ4n) is 2.36. The van der Waals surface area contributed by atoms with Crippen molar-refractivity contribution in [1.82, 2.24) is 15.4 Å². The average Bonchev–Trinajstić information content (AvgIpc) is 2.94. The van der Waals surface area contributed by atoms with E-state index in [4.69, 9.17) is 9.26 Å². The molecule has 1 saturated heterocycles. The summed E-state index contributed by atoms with van der Waals surface area (Å²) in [4.78, 5) is 13.9. The lowest BCUT2D eigenvalue weighted by atomic mass is 10.1. The van der Waals surface area contributed by atoms with E-state index in [9.17, 15) is 4.79 Å². The predicted molar refractivity (Wildman–Crippen MR) is 79.0 cm³/mol. The fourth-order valence-corrected chi connectivity index (χ4v) is 2.36. The number of aromatic nitrogens is 1. The summed E-state index contributed by atoms with van der Waals surface area (Å²) in [5.74, 6) is 0.799. The molecular weight excluding hydrogens is 270 g/mol. The molecule has 0 unspecified atom stereocenters. The highest BCUT2D eigenvalue weighted by molar-refractivity contribution is 5.75. The molecule has 1 aliphatic rings. The average molecular weight is 295 g/mol. The lowest BCUT2D eigenvalue weighted by molar-refractivity contribution is 0.0476. The van der Waals surface area contributed by atoms with E-state index in [1.54, 1.807) is 0 Å². The minimum absolute atomic E-state index is 0.0223. The molecule has 0 spiro atoms. The minimum atomic E-state index is -0.216. The lowest BCUT2D eigenvalue weighted by Crippen LogP contribution is -2.48. The van der Waals surface area contributed by atoms with Crippen molar-refractivity contribution in [3.63, 3.8) is 0 Å². The molecule has 0 aliphatic carbocycles. The molecule has 2 heterocycles. The number of hydrogen-bond donors (Lipinski definition) is 1. The minimum Gasteiger partial charge on any atom is -0.371 e. The molecule has 1 aliphatic heterocycles. The number of nitrogens with one attached hydrogen (secondary N) is 1. The Morgan fingerprint density at radius 1 is 1.48 bits per heavy atom. The van der Waals surface area contributed by atoms with Crippen molar-refractivity contribution in [2.24, 2.45) is 0 Å². The van der Waals surface area contributed by atoms with Crippen molar-refractivity contribution in [1.29, 1.82) is 0 Å². The van der Waals surface area contributed by atoms with Crippen LogP contribution >= 0.6 is 0 Å². The maximum absolute atomic E-state index is 12.1. The number of amides is 2. The molecule has 1 fully saturated rings. The Hall–Kier alpha value is -1.56. The largest absolute Gasteiger partial charge is 0.371 e. The van der Waals surface area contributed by atoms with E-state index in [-0.39, 0.29) is 17.7 Å². The summed E-state index contributed by atoms with van der Waals surface area (Å²) >= 11 is 0. The van der Waals surface area contributed by atoms with Gasteiger partial charge in [-0.2, -0.15) is 0 Å². The zero-order valence-electron chi connectivity index (χ0n) is 13.5. The highest BCUT2D eigenvalue weighted by atomic mass is 16.5. The number of rotatable bonds is 3. The van der Waals surface area contributed by atoms with Gasteiger partial charge < -0.3 is 19.5 Å². The molecule has 2 amide bonds. The van der Waals surface area contributed by atoms with E-state index in [1.165, 1.54) is 0 Å². The van der Waals surface area contributed by atoms with Crippen LogP contribution in [0.1, 0.15) is 44.2 Å². The molecule has 118 valence electrons. The van der Waals surface area contributed by atoms with Crippen LogP contribution in [0.25, 0.3) is 0 Å². The summed E-state index contributed by atoms with van der Waals surface area (Å²) < 4.78 is 11.0. The van der Waals surface area contributed by atoms with Gasteiger partial charge in [-0.25, -0.2) is 4.79 Å². The lowest BCUT2D eigenvalue weighted by Gasteiger charge is -2.25. The zero-order valence-corrected chi connectivity index (χ0v) is 13.5. The smallest absolute Gasteiger partial charge is 0.317 e. The predicted octanol–water partition coefficient (Wildman–Crippen LogP) is 2.39. The van der Waals surface area contributed by atoms with Crippen molar-refractivity contribution >= 4 is 6.03 Å². The van der Waals surface area contributed by atoms with Gasteiger partial charge in [0.1, 0.15) is 5.76 Å².